The van der Waals surface area contributed by atoms with Crippen LogP contribution in [-0.4, -0.2) is 59.0 Å². The number of hydrogen-bond acceptors (Lipinski definition) is 3. The van der Waals surface area contributed by atoms with Crippen molar-refractivity contribution >= 4 is 11.8 Å². The van der Waals surface area contributed by atoms with Crippen molar-refractivity contribution in [3.05, 3.63) is 0 Å². The number of hydrogen-bond donors (Lipinski definition) is 1. The minimum Gasteiger partial charge on any atom is -0.389 e. The van der Waals surface area contributed by atoms with Gasteiger partial charge in [0.2, 0.25) is 11.8 Å². The zero-order valence-electron chi connectivity index (χ0n) is 11.1. The van der Waals surface area contributed by atoms with Crippen molar-refractivity contribution in [3.8, 4) is 0 Å². The average molecular weight is 242 g/mol. The van der Waals surface area contributed by atoms with Gasteiger partial charge < -0.3 is 14.9 Å². The fraction of sp³-hybridized carbons (Fsp3) is 0.833. The van der Waals surface area contributed by atoms with Crippen LogP contribution in [0.5, 0.6) is 0 Å². The summed E-state index contributed by atoms with van der Waals surface area (Å²) in [5.74, 6) is -0.273. The Labute approximate surface area is 102 Å². The number of aliphatic hydroxyl groups is 1. The van der Waals surface area contributed by atoms with E-state index in [1.165, 1.54) is 0 Å². The first-order valence-corrected chi connectivity index (χ1v) is 5.99. The van der Waals surface area contributed by atoms with Gasteiger partial charge in [-0.05, 0) is 20.8 Å². The van der Waals surface area contributed by atoms with Gasteiger partial charge >= 0.3 is 0 Å². The summed E-state index contributed by atoms with van der Waals surface area (Å²) >= 11 is 0. The van der Waals surface area contributed by atoms with Crippen LogP contribution in [0.25, 0.3) is 0 Å². The van der Waals surface area contributed by atoms with Crippen LogP contribution in [0.15, 0.2) is 0 Å². The van der Waals surface area contributed by atoms with E-state index in [2.05, 4.69) is 0 Å². The van der Waals surface area contributed by atoms with Gasteiger partial charge in [-0.15, -0.1) is 0 Å². The number of likely N-dealkylation sites (tertiary alicyclic amines) is 1. The molecule has 1 aliphatic rings. The van der Waals surface area contributed by atoms with E-state index in [0.717, 1.165) is 0 Å². The number of likely N-dealkylation sites (N-methyl/N-ethyl adjacent to an activating group) is 1. The van der Waals surface area contributed by atoms with Gasteiger partial charge in [0.15, 0.2) is 0 Å². The van der Waals surface area contributed by atoms with Crippen LogP contribution in [-0.2, 0) is 9.59 Å². The molecule has 98 valence electrons. The molecule has 17 heavy (non-hydrogen) atoms. The van der Waals surface area contributed by atoms with Gasteiger partial charge in [0, 0.05) is 33.1 Å². The quantitative estimate of drug-likeness (QED) is 0.759. The molecule has 0 spiro atoms. The predicted molar refractivity (Wildman–Crippen MR) is 64.3 cm³/mol. The maximum Gasteiger partial charge on any atom is 0.228 e. The van der Waals surface area contributed by atoms with E-state index in [1.54, 1.807) is 30.7 Å². The summed E-state index contributed by atoms with van der Waals surface area (Å²) in [7, 11) is 1.71. The number of nitrogens with zero attached hydrogens (tertiary/aromatic N) is 2. The molecule has 0 bridgehead atoms. The zero-order chi connectivity index (χ0) is 13.2. The van der Waals surface area contributed by atoms with Crippen molar-refractivity contribution in [2.24, 2.45) is 5.92 Å². The molecule has 1 saturated heterocycles. The number of rotatable bonds is 4. The van der Waals surface area contributed by atoms with Crippen molar-refractivity contribution in [1.82, 2.24) is 9.80 Å². The van der Waals surface area contributed by atoms with E-state index in [1.807, 2.05) is 6.92 Å². The Morgan fingerprint density at radius 1 is 1.59 bits per heavy atom. The van der Waals surface area contributed by atoms with E-state index < -0.39 is 5.60 Å². The largest absolute Gasteiger partial charge is 0.389 e. The van der Waals surface area contributed by atoms with Crippen molar-refractivity contribution in [1.29, 1.82) is 0 Å². The second kappa shape index (κ2) is 5.04. The maximum absolute atomic E-state index is 12.2. The Kier molecular flexibility index (Phi) is 4.14. The molecule has 1 rings (SSSR count). The predicted octanol–water partition coefficient (Wildman–Crippen LogP) is 0.0841. The van der Waals surface area contributed by atoms with Crippen molar-refractivity contribution in [3.63, 3.8) is 0 Å². The highest BCUT2D eigenvalue weighted by molar-refractivity contribution is 5.89. The Morgan fingerprint density at radius 3 is 2.53 bits per heavy atom. The third kappa shape index (κ3) is 3.70. The van der Waals surface area contributed by atoms with Gasteiger partial charge in [-0.2, -0.15) is 0 Å². The number of carbonyl (C=O) groups is 2. The van der Waals surface area contributed by atoms with Gasteiger partial charge in [0.25, 0.3) is 0 Å². The second-order valence-electron chi connectivity index (χ2n) is 5.34. The summed E-state index contributed by atoms with van der Waals surface area (Å²) in [5, 5.41) is 9.74. The molecular weight excluding hydrogens is 220 g/mol. The summed E-state index contributed by atoms with van der Waals surface area (Å²) in [6.45, 7) is 6.57. The molecule has 0 aliphatic carbocycles. The number of carbonyl (C=O) groups excluding carboxylic acids is 2. The highest BCUT2D eigenvalue weighted by Gasteiger charge is 2.35. The molecule has 5 nitrogen and oxygen atoms in total. The van der Waals surface area contributed by atoms with Crippen LogP contribution in [0.3, 0.4) is 0 Å². The molecule has 1 aliphatic heterocycles. The van der Waals surface area contributed by atoms with Crippen LogP contribution >= 0.6 is 0 Å². The van der Waals surface area contributed by atoms with Crippen LogP contribution in [0.1, 0.15) is 27.2 Å². The van der Waals surface area contributed by atoms with E-state index >= 15 is 0 Å². The van der Waals surface area contributed by atoms with Crippen molar-refractivity contribution in [2.75, 3.05) is 26.7 Å². The molecule has 0 aromatic rings. The summed E-state index contributed by atoms with van der Waals surface area (Å²) in [6.07, 6.45) is 0.289. The van der Waals surface area contributed by atoms with E-state index in [0.29, 0.717) is 19.6 Å². The summed E-state index contributed by atoms with van der Waals surface area (Å²) in [6, 6.07) is 0. The first-order chi connectivity index (χ1) is 7.74. The van der Waals surface area contributed by atoms with Crippen molar-refractivity contribution in [2.45, 2.75) is 32.8 Å². The SMILES string of the molecule is CCN(CC(C)(C)O)C(=O)C1CC(=O)N(C)C1. The second-order valence-corrected chi connectivity index (χ2v) is 5.34. The summed E-state index contributed by atoms with van der Waals surface area (Å²) in [5.41, 5.74) is -0.903. The van der Waals surface area contributed by atoms with E-state index in [9.17, 15) is 14.7 Å². The van der Waals surface area contributed by atoms with Gasteiger partial charge in [0.05, 0.1) is 11.5 Å². The highest BCUT2D eigenvalue weighted by atomic mass is 16.3. The highest BCUT2D eigenvalue weighted by Crippen LogP contribution is 2.19. The number of amides is 2. The molecule has 1 unspecified atom stereocenters. The third-order valence-electron chi connectivity index (χ3n) is 2.96. The monoisotopic (exact) mass is 242 g/mol. The summed E-state index contributed by atoms with van der Waals surface area (Å²) < 4.78 is 0. The molecule has 2 amide bonds. The molecule has 5 heteroatoms. The minimum absolute atomic E-state index is 0.0164. The molecular formula is C12H22N2O3. The zero-order valence-corrected chi connectivity index (χ0v) is 11.1. The lowest BCUT2D eigenvalue weighted by atomic mass is 10.0. The molecule has 1 atom stereocenters. The van der Waals surface area contributed by atoms with Gasteiger partial charge in [-0.3, -0.25) is 9.59 Å². The topological polar surface area (TPSA) is 60.9 Å². The van der Waals surface area contributed by atoms with E-state index in [-0.39, 0.29) is 24.2 Å². The maximum atomic E-state index is 12.2. The third-order valence-corrected chi connectivity index (χ3v) is 2.96. The molecule has 1 N–H and O–H groups in total. The van der Waals surface area contributed by atoms with Crippen LogP contribution in [0.4, 0.5) is 0 Å². The van der Waals surface area contributed by atoms with Gasteiger partial charge in [0.1, 0.15) is 0 Å². The first-order valence-electron chi connectivity index (χ1n) is 5.99. The Balaban J connectivity index is 2.64. The van der Waals surface area contributed by atoms with Gasteiger partial charge in [-0.1, -0.05) is 0 Å². The van der Waals surface area contributed by atoms with Crippen LogP contribution < -0.4 is 0 Å². The Morgan fingerprint density at radius 2 is 2.18 bits per heavy atom. The van der Waals surface area contributed by atoms with Crippen molar-refractivity contribution < 1.29 is 14.7 Å². The molecule has 0 radical (unpaired) electrons. The van der Waals surface area contributed by atoms with Gasteiger partial charge in [-0.25, -0.2) is 0 Å². The molecule has 1 fully saturated rings. The lowest BCUT2D eigenvalue weighted by Gasteiger charge is -2.29. The molecule has 0 aromatic heterocycles. The fourth-order valence-corrected chi connectivity index (χ4v) is 2.10. The molecule has 0 aromatic carbocycles. The molecule has 0 saturated carbocycles. The van der Waals surface area contributed by atoms with E-state index in [4.69, 9.17) is 0 Å². The smallest absolute Gasteiger partial charge is 0.228 e. The first kappa shape index (κ1) is 14.0. The minimum atomic E-state index is -0.903. The normalized spacial score (nSPS) is 20.9. The molecule has 1 heterocycles. The van der Waals surface area contributed by atoms with Crippen LogP contribution in [0, 0.1) is 5.92 Å². The standard InChI is InChI=1S/C12H22N2O3/c1-5-14(8-12(2,3)17)11(16)9-6-10(15)13(4)7-9/h9,17H,5-8H2,1-4H3. The fourth-order valence-electron chi connectivity index (χ4n) is 2.10. The average Bonchev–Trinajstić information content (AvgIpc) is 2.53. The Hall–Kier alpha value is -1.10. The lowest BCUT2D eigenvalue weighted by molar-refractivity contribution is -0.138. The lowest BCUT2D eigenvalue weighted by Crippen LogP contribution is -2.45. The van der Waals surface area contributed by atoms with Crippen LogP contribution in [0.2, 0.25) is 0 Å². The Bertz CT molecular complexity index is 309. The summed E-state index contributed by atoms with van der Waals surface area (Å²) in [4.78, 5) is 26.8.